The SMILES string of the molecule is O=C([Se]Sc1ccccc1)c1ccc(Cl)cc1. The molecule has 0 unspecified atom stereocenters. The molecule has 0 saturated carbocycles. The average molecular weight is 328 g/mol. The molecular formula is C13H9ClOSSe. The van der Waals surface area contributed by atoms with Gasteiger partial charge in [0.15, 0.2) is 0 Å². The number of rotatable bonds is 4. The second kappa shape index (κ2) is 6.27. The van der Waals surface area contributed by atoms with E-state index in [-0.39, 0.29) is 18.5 Å². The van der Waals surface area contributed by atoms with Crippen LogP contribution in [0.25, 0.3) is 0 Å². The third kappa shape index (κ3) is 3.90. The number of benzene rings is 2. The second-order valence-electron chi connectivity index (χ2n) is 3.27. The van der Waals surface area contributed by atoms with Crippen LogP contribution in [0.3, 0.4) is 0 Å². The fourth-order valence-electron chi connectivity index (χ4n) is 1.20. The molecule has 0 fully saturated rings. The third-order valence-electron chi connectivity index (χ3n) is 2.04. The van der Waals surface area contributed by atoms with Gasteiger partial charge in [0, 0.05) is 0 Å². The molecule has 0 aromatic heterocycles. The second-order valence-corrected chi connectivity index (χ2v) is 7.39. The molecule has 0 saturated heterocycles. The van der Waals surface area contributed by atoms with E-state index in [1.54, 1.807) is 34.4 Å². The van der Waals surface area contributed by atoms with E-state index < -0.39 is 0 Å². The fourth-order valence-corrected chi connectivity index (χ4v) is 4.53. The number of hydrogen-bond acceptors (Lipinski definition) is 2. The molecular weight excluding hydrogens is 319 g/mol. The van der Waals surface area contributed by atoms with Crippen LogP contribution < -0.4 is 0 Å². The van der Waals surface area contributed by atoms with E-state index in [2.05, 4.69) is 0 Å². The van der Waals surface area contributed by atoms with Gasteiger partial charge in [0.05, 0.1) is 0 Å². The molecule has 0 atom stereocenters. The third-order valence-corrected chi connectivity index (χ3v) is 6.17. The van der Waals surface area contributed by atoms with Gasteiger partial charge in [-0.2, -0.15) is 0 Å². The summed E-state index contributed by atoms with van der Waals surface area (Å²) in [5, 5.41) is 0.657. The van der Waals surface area contributed by atoms with E-state index in [0.29, 0.717) is 5.02 Å². The molecule has 0 aliphatic rings. The zero-order valence-corrected chi connectivity index (χ0v) is 12.1. The summed E-state index contributed by atoms with van der Waals surface area (Å²) in [6, 6.07) is 17.0. The number of carbonyl (C=O) groups is 1. The molecule has 0 N–H and O–H groups in total. The molecule has 0 radical (unpaired) electrons. The molecule has 0 aliphatic carbocycles. The van der Waals surface area contributed by atoms with Gasteiger partial charge in [-0.05, 0) is 0 Å². The summed E-state index contributed by atoms with van der Waals surface area (Å²) in [7, 11) is 1.61. The molecule has 2 aromatic carbocycles. The van der Waals surface area contributed by atoms with Crippen LogP contribution in [0.2, 0.25) is 5.02 Å². The Bertz CT molecular complexity index is 499. The summed E-state index contributed by atoms with van der Waals surface area (Å²) in [6.45, 7) is 0. The van der Waals surface area contributed by atoms with Crippen molar-refractivity contribution in [1.82, 2.24) is 0 Å². The maximum absolute atomic E-state index is 11.9. The van der Waals surface area contributed by atoms with Gasteiger partial charge in [0.1, 0.15) is 0 Å². The van der Waals surface area contributed by atoms with Crippen molar-refractivity contribution in [2.45, 2.75) is 4.90 Å². The van der Waals surface area contributed by atoms with Gasteiger partial charge in [-0.3, -0.25) is 0 Å². The Morgan fingerprint density at radius 1 is 1.00 bits per heavy atom. The number of hydrogen-bond donors (Lipinski definition) is 0. The Kier molecular flexibility index (Phi) is 4.69. The monoisotopic (exact) mass is 328 g/mol. The summed E-state index contributed by atoms with van der Waals surface area (Å²) >= 11 is 5.65. The molecule has 1 nitrogen and oxygen atoms in total. The van der Waals surface area contributed by atoms with Gasteiger partial charge >= 0.3 is 115 Å². The van der Waals surface area contributed by atoms with Gasteiger partial charge in [-0.25, -0.2) is 0 Å². The van der Waals surface area contributed by atoms with Crippen LogP contribution in [-0.4, -0.2) is 18.5 Å². The van der Waals surface area contributed by atoms with E-state index >= 15 is 0 Å². The van der Waals surface area contributed by atoms with Gasteiger partial charge < -0.3 is 0 Å². The van der Waals surface area contributed by atoms with Crippen molar-refractivity contribution in [1.29, 1.82) is 0 Å². The summed E-state index contributed by atoms with van der Waals surface area (Å²) in [5.74, 6) is 0. The van der Waals surface area contributed by atoms with Crippen molar-refractivity contribution in [2.24, 2.45) is 0 Å². The molecule has 2 aromatic rings. The minimum absolute atomic E-state index is 0.130. The van der Waals surface area contributed by atoms with Crippen molar-refractivity contribution in [3.05, 3.63) is 65.2 Å². The topological polar surface area (TPSA) is 17.1 Å². The molecule has 0 aliphatic heterocycles. The van der Waals surface area contributed by atoms with Crippen LogP contribution in [0, 0.1) is 0 Å². The van der Waals surface area contributed by atoms with Crippen molar-refractivity contribution in [3.8, 4) is 0 Å². The van der Waals surface area contributed by atoms with Crippen LogP contribution >= 0.6 is 21.8 Å². The Hall–Kier alpha value is -0.731. The first-order valence-electron chi connectivity index (χ1n) is 4.95. The van der Waals surface area contributed by atoms with Crippen LogP contribution in [-0.2, 0) is 0 Å². The number of carbonyl (C=O) groups excluding carboxylic acids is 1. The van der Waals surface area contributed by atoms with Crippen LogP contribution in [0.4, 0.5) is 0 Å². The average Bonchev–Trinajstić information content (AvgIpc) is 2.38. The van der Waals surface area contributed by atoms with E-state index in [9.17, 15) is 4.79 Å². The maximum atomic E-state index is 11.9. The number of halogens is 1. The van der Waals surface area contributed by atoms with Crippen LogP contribution in [0.1, 0.15) is 10.4 Å². The van der Waals surface area contributed by atoms with Gasteiger partial charge in [-0.1, -0.05) is 0 Å². The molecule has 17 heavy (non-hydrogen) atoms. The molecule has 2 rings (SSSR count). The molecule has 0 amide bonds. The quantitative estimate of drug-likeness (QED) is 0.792. The van der Waals surface area contributed by atoms with Gasteiger partial charge in [-0.15, -0.1) is 0 Å². The van der Waals surface area contributed by atoms with Gasteiger partial charge in [0.2, 0.25) is 0 Å². The predicted octanol–water partition coefficient (Wildman–Crippen LogP) is 3.89. The minimum atomic E-state index is -0.130. The zero-order chi connectivity index (χ0) is 12.1. The Labute approximate surface area is 115 Å². The Morgan fingerprint density at radius 2 is 1.65 bits per heavy atom. The van der Waals surface area contributed by atoms with E-state index in [1.165, 1.54) is 0 Å². The molecule has 86 valence electrons. The molecule has 0 spiro atoms. The van der Waals surface area contributed by atoms with Gasteiger partial charge in [0.25, 0.3) is 0 Å². The Morgan fingerprint density at radius 3 is 2.29 bits per heavy atom. The van der Waals surface area contributed by atoms with Crippen LogP contribution in [0.5, 0.6) is 0 Å². The fraction of sp³-hybridized carbons (Fsp3) is 0. The molecule has 4 heteroatoms. The van der Waals surface area contributed by atoms with E-state index in [4.69, 9.17) is 11.6 Å². The summed E-state index contributed by atoms with van der Waals surface area (Å²) < 4.78 is 0.183. The van der Waals surface area contributed by atoms with E-state index in [1.807, 2.05) is 30.3 Å². The normalized spacial score (nSPS) is 10.2. The predicted molar refractivity (Wildman–Crippen MR) is 73.8 cm³/mol. The molecule has 0 heterocycles. The first-order chi connectivity index (χ1) is 8.25. The van der Waals surface area contributed by atoms with Crippen molar-refractivity contribution in [3.63, 3.8) is 0 Å². The summed E-state index contributed by atoms with van der Waals surface area (Å²) in [5.41, 5.74) is 0.734. The first kappa shape index (κ1) is 12.7. The first-order valence-corrected chi connectivity index (χ1v) is 9.02. The standard InChI is InChI=1S/C13H9ClOSSe/c14-11-8-6-10(7-9-11)13(15)17-16-12-4-2-1-3-5-12/h1-9H. The summed E-state index contributed by atoms with van der Waals surface area (Å²) in [4.78, 5) is 13.0. The van der Waals surface area contributed by atoms with Crippen molar-refractivity contribution < 1.29 is 4.79 Å². The van der Waals surface area contributed by atoms with Crippen molar-refractivity contribution >= 4 is 40.3 Å². The zero-order valence-electron chi connectivity index (χ0n) is 8.80. The van der Waals surface area contributed by atoms with Crippen molar-refractivity contribution in [2.75, 3.05) is 0 Å². The van der Waals surface area contributed by atoms with Crippen LogP contribution in [0.15, 0.2) is 59.5 Å². The molecule has 0 bridgehead atoms. The summed E-state index contributed by atoms with van der Waals surface area (Å²) in [6.07, 6.45) is 0. The van der Waals surface area contributed by atoms with E-state index in [0.717, 1.165) is 10.5 Å². The Balaban J connectivity index is 1.96.